The Labute approximate surface area is 248 Å². The van der Waals surface area contributed by atoms with E-state index in [0.29, 0.717) is 51.3 Å². The molecule has 2 unspecified atom stereocenters. The summed E-state index contributed by atoms with van der Waals surface area (Å²) in [5.74, 6) is 2.52. The number of hydrogen-bond acceptors (Lipinski definition) is 7. The second-order valence-electron chi connectivity index (χ2n) is 10.8. The molecule has 0 amide bonds. The number of pyridine rings is 1. The number of phenolic OH excluding ortho intramolecular Hbond substituents is 1. The highest BCUT2D eigenvalue weighted by Crippen LogP contribution is 2.38. The average molecular weight is 580 g/mol. The second kappa shape index (κ2) is 11.8. The number of benzene rings is 3. The average Bonchev–Trinajstić information content (AvgIpc) is 3.61. The summed E-state index contributed by atoms with van der Waals surface area (Å²) in [5, 5.41) is 12.2. The van der Waals surface area contributed by atoms with E-state index < -0.39 is 12.0 Å². The number of hydrogen-bond donors (Lipinski definition) is 1. The first-order chi connectivity index (χ1) is 20.9. The Morgan fingerprint density at radius 2 is 1.93 bits per heavy atom. The first-order valence-electron chi connectivity index (χ1n) is 14.2. The first-order valence-corrected chi connectivity index (χ1v) is 14.2. The van der Waals surface area contributed by atoms with Crippen LogP contribution in [0.25, 0.3) is 32.9 Å². The van der Waals surface area contributed by atoms with Crippen LogP contribution in [0.3, 0.4) is 0 Å². The van der Waals surface area contributed by atoms with Crippen LogP contribution in [-0.2, 0) is 0 Å². The fourth-order valence-electron chi connectivity index (χ4n) is 6.06. The molecule has 4 heterocycles. The lowest BCUT2D eigenvalue weighted by molar-refractivity contribution is 0.292. The molecule has 0 aliphatic carbocycles. The summed E-state index contributed by atoms with van der Waals surface area (Å²) in [4.78, 5) is 17.9. The lowest BCUT2D eigenvalue weighted by Gasteiger charge is -2.21. The van der Waals surface area contributed by atoms with Gasteiger partial charge < -0.3 is 14.7 Å². The van der Waals surface area contributed by atoms with E-state index in [9.17, 15) is 13.9 Å². The predicted molar refractivity (Wildman–Crippen MR) is 165 cm³/mol. The van der Waals surface area contributed by atoms with Crippen LogP contribution in [0.1, 0.15) is 24.8 Å². The SMILES string of the molecule is C#Cc1c(F)ccc2cc(O)cc(-c3cc4nc(OC)ncc4c(N(C)c4ccccc4)n3)c12.FC1CC2CCCN2C1. The second-order valence-corrected chi connectivity index (χ2v) is 10.8. The number of terminal acetylenes is 1. The maximum absolute atomic E-state index is 14.6. The number of halogens is 2. The summed E-state index contributed by atoms with van der Waals surface area (Å²) in [5.41, 5.74) is 2.54. The maximum atomic E-state index is 14.6. The Morgan fingerprint density at radius 1 is 1.12 bits per heavy atom. The number of rotatable bonds is 4. The van der Waals surface area contributed by atoms with Crippen LogP contribution in [0.2, 0.25) is 0 Å². The minimum Gasteiger partial charge on any atom is -0.508 e. The molecular formula is C34H31F2N5O2. The smallest absolute Gasteiger partial charge is 0.316 e. The quantitative estimate of drug-likeness (QED) is 0.239. The normalized spacial score (nSPS) is 17.7. The molecule has 2 aliphatic rings. The molecule has 0 spiro atoms. The van der Waals surface area contributed by atoms with E-state index in [2.05, 4.69) is 20.8 Å². The van der Waals surface area contributed by atoms with Crippen LogP contribution in [0.5, 0.6) is 11.8 Å². The van der Waals surface area contributed by atoms with E-state index in [-0.39, 0.29) is 17.3 Å². The van der Waals surface area contributed by atoms with Crippen LogP contribution in [0.4, 0.5) is 20.3 Å². The first kappa shape index (κ1) is 28.3. The number of methoxy groups -OCH3 is 1. The molecule has 7 rings (SSSR count). The highest BCUT2D eigenvalue weighted by atomic mass is 19.1. The number of anilines is 2. The van der Waals surface area contributed by atoms with Gasteiger partial charge in [-0.15, -0.1) is 6.42 Å². The van der Waals surface area contributed by atoms with Crippen LogP contribution in [-0.4, -0.2) is 64.4 Å². The van der Waals surface area contributed by atoms with Crippen molar-refractivity contribution in [1.29, 1.82) is 0 Å². The van der Waals surface area contributed by atoms with E-state index in [1.54, 1.807) is 24.4 Å². The van der Waals surface area contributed by atoms with Gasteiger partial charge >= 0.3 is 6.01 Å². The molecule has 2 aliphatic heterocycles. The van der Waals surface area contributed by atoms with Crippen LogP contribution in [0.15, 0.2) is 66.9 Å². The summed E-state index contributed by atoms with van der Waals surface area (Å²) >= 11 is 0. The van der Waals surface area contributed by atoms with Crippen molar-refractivity contribution in [3.8, 4) is 35.4 Å². The van der Waals surface area contributed by atoms with Crippen molar-refractivity contribution in [2.45, 2.75) is 31.5 Å². The van der Waals surface area contributed by atoms with Crippen molar-refractivity contribution in [1.82, 2.24) is 19.9 Å². The van der Waals surface area contributed by atoms with E-state index in [0.717, 1.165) is 18.7 Å². The molecule has 43 heavy (non-hydrogen) atoms. The molecule has 0 radical (unpaired) electrons. The molecule has 2 atom stereocenters. The predicted octanol–water partition coefficient (Wildman–Crippen LogP) is 6.64. The number of ether oxygens (including phenoxy) is 1. The minimum atomic E-state index is -0.520. The molecule has 0 bridgehead atoms. The third kappa shape index (κ3) is 5.54. The molecule has 0 saturated carbocycles. The zero-order valence-electron chi connectivity index (χ0n) is 24.0. The van der Waals surface area contributed by atoms with E-state index in [1.807, 2.05) is 42.3 Å². The molecule has 9 heteroatoms. The van der Waals surface area contributed by atoms with Gasteiger partial charge in [0.05, 0.1) is 29.3 Å². The molecule has 218 valence electrons. The zero-order valence-corrected chi connectivity index (χ0v) is 24.0. The van der Waals surface area contributed by atoms with Crippen molar-refractivity contribution in [2.24, 2.45) is 0 Å². The van der Waals surface area contributed by atoms with Crippen molar-refractivity contribution in [2.75, 3.05) is 32.1 Å². The van der Waals surface area contributed by atoms with Crippen molar-refractivity contribution in [3.63, 3.8) is 0 Å². The molecular weight excluding hydrogens is 548 g/mol. The van der Waals surface area contributed by atoms with Gasteiger partial charge in [0, 0.05) is 42.5 Å². The number of nitrogens with zero attached hydrogens (tertiary/aromatic N) is 5. The number of alkyl halides is 1. The molecule has 2 aromatic heterocycles. The molecule has 2 saturated heterocycles. The summed E-state index contributed by atoms with van der Waals surface area (Å²) in [6.45, 7) is 1.86. The Morgan fingerprint density at radius 3 is 2.67 bits per heavy atom. The summed E-state index contributed by atoms with van der Waals surface area (Å²) in [6.07, 6.45) is 10.1. The number of fused-ring (bicyclic) bond motifs is 3. The van der Waals surface area contributed by atoms with Crippen molar-refractivity contribution in [3.05, 3.63) is 78.2 Å². The highest BCUT2D eigenvalue weighted by molar-refractivity contribution is 6.03. The maximum Gasteiger partial charge on any atom is 0.316 e. The third-order valence-electron chi connectivity index (χ3n) is 8.11. The number of aromatic hydroxyl groups is 1. The third-order valence-corrected chi connectivity index (χ3v) is 8.11. The zero-order chi connectivity index (χ0) is 30.1. The highest BCUT2D eigenvalue weighted by Gasteiger charge is 2.34. The van der Waals surface area contributed by atoms with Crippen LogP contribution in [0, 0.1) is 18.2 Å². The summed E-state index contributed by atoms with van der Waals surface area (Å²) in [7, 11) is 3.38. The topological polar surface area (TPSA) is 74.6 Å². The lowest BCUT2D eigenvalue weighted by Crippen LogP contribution is -2.22. The van der Waals surface area contributed by atoms with E-state index in [1.165, 1.54) is 32.1 Å². The number of phenols is 1. The molecule has 2 fully saturated rings. The summed E-state index contributed by atoms with van der Waals surface area (Å²) < 4.78 is 32.5. The van der Waals surface area contributed by atoms with Gasteiger partial charge in [0.1, 0.15) is 23.6 Å². The minimum absolute atomic E-state index is 0.0113. The van der Waals surface area contributed by atoms with Crippen molar-refractivity contribution >= 4 is 33.2 Å². The Bertz CT molecular complexity index is 1830. The van der Waals surface area contributed by atoms with Gasteiger partial charge in [0.25, 0.3) is 0 Å². The van der Waals surface area contributed by atoms with Gasteiger partial charge in [-0.3, -0.25) is 4.90 Å². The molecule has 7 nitrogen and oxygen atoms in total. The van der Waals surface area contributed by atoms with Gasteiger partial charge in [-0.05, 0) is 67.6 Å². The number of para-hydroxylation sites is 1. The monoisotopic (exact) mass is 579 g/mol. The van der Waals surface area contributed by atoms with Crippen LogP contribution >= 0.6 is 0 Å². The van der Waals surface area contributed by atoms with E-state index in [4.69, 9.17) is 16.1 Å². The standard InChI is InChI=1S/C27H19FN4O2.C7H12FN/c1-4-19-22(28)11-10-16-12-18(33)13-20(25(16)19)23-14-24-21(15-29-27(31-24)34-3)26(30-23)32(2)17-8-6-5-7-9-17;8-6-4-7-2-1-3-9(7)5-6/h1,5-15,33H,2-3H3;6-7H,1-5H2. The van der Waals surface area contributed by atoms with Gasteiger partial charge in [-0.2, -0.15) is 4.98 Å². The van der Waals surface area contributed by atoms with Gasteiger partial charge in [-0.1, -0.05) is 30.2 Å². The molecule has 3 aromatic carbocycles. The Hall–Kier alpha value is -4.81. The van der Waals surface area contributed by atoms with E-state index >= 15 is 0 Å². The van der Waals surface area contributed by atoms with Gasteiger partial charge in [0.15, 0.2) is 0 Å². The summed E-state index contributed by atoms with van der Waals surface area (Å²) in [6, 6.07) is 18.2. The lowest BCUT2D eigenvalue weighted by atomic mass is 9.96. The molecule has 5 aromatic rings. The largest absolute Gasteiger partial charge is 0.508 e. The number of aromatic nitrogens is 3. The fourth-order valence-corrected chi connectivity index (χ4v) is 6.06. The van der Waals surface area contributed by atoms with Gasteiger partial charge in [0.2, 0.25) is 0 Å². The van der Waals surface area contributed by atoms with Crippen molar-refractivity contribution < 1.29 is 18.6 Å². The van der Waals surface area contributed by atoms with Gasteiger partial charge in [-0.25, -0.2) is 18.7 Å². The Kier molecular flexibility index (Phi) is 7.78. The molecule has 1 N–H and O–H groups in total. The van der Waals surface area contributed by atoms with Crippen LogP contribution < -0.4 is 9.64 Å². The fraction of sp³-hybridized carbons (Fsp3) is 0.265. The Balaban J connectivity index is 0.000000310.